The summed E-state index contributed by atoms with van der Waals surface area (Å²) >= 11 is 0. The SMILES string of the molecule is O=C(O)CCCN1C(=O)C(=O)/C(=C(\O)c2ccccc2)C1c1cccc(F)c1. The van der Waals surface area contributed by atoms with Crippen molar-refractivity contribution in [1.82, 2.24) is 4.90 Å². The van der Waals surface area contributed by atoms with Gasteiger partial charge in [0.2, 0.25) is 0 Å². The number of aliphatic hydroxyl groups is 1. The highest BCUT2D eigenvalue weighted by molar-refractivity contribution is 6.46. The standard InChI is InChI=1S/C21H18FNO5/c22-15-9-4-8-14(12-15)18-17(19(26)13-6-2-1-3-7-13)20(27)21(28)23(18)11-5-10-16(24)25/h1-4,6-9,12,18,26H,5,10-11H2,(H,24,25)/b19-17-. The summed E-state index contributed by atoms with van der Waals surface area (Å²) in [5.74, 6) is -3.66. The van der Waals surface area contributed by atoms with Gasteiger partial charge in [-0.2, -0.15) is 0 Å². The first-order valence-electron chi connectivity index (χ1n) is 8.71. The molecule has 1 atom stereocenters. The van der Waals surface area contributed by atoms with E-state index >= 15 is 0 Å². The van der Waals surface area contributed by atoms with E-state index in [-0.39, 0.29) is 30.7 Å². The van der Waals surface area contributed by atoms with E-state index in [1.54, 1.807) is 36.4 Å². The van der Waals surface area contributed by atoms with Crippen LogP contribution < -0.4 is 0 Å². The van der Waals surface area contributed by atoms with Gasteiger partial charge in [-0.15, -0.1) is 0 Å². The summed E-state index contributed by atoms with van der Waals surface area (Å²) in [6, 6.07) is 12.7. The number of carboxylic acid groups (broad SMARTS) is 1. The summed E-state index contributed by atoms with van der Waals surface area (Å²) in [6.07, 6.45) is -0.0584. The molecule has 3 rings (SSSR count). The number of hydrogen-bond donors (Lipinski definition) is 2. The molecular formula is C21H18FNO5. The quantitative estimate of drug-likeness (QED) is 0.454. The minimum absolute atomic E-state index is 0.0103. The zero-order valence-corrected chi connectivity index (χ0v) is 14.8. The van der Waals surface area contributed by atoms with Gasteiger partial charge in [-0.05, 0) is 24.1 Å². The fourth-order valence-corrected chi connectivity index (χ4v) is 3.29. The molecule has 0 aromatic heterocycles. The van der Waals surface area contributed by atoms with Crippen molar-refractivity contribution in [3.63, 3.8) is 0 Å². The molecule has 144 valence electrons. The van der Waals surface area contributed by atoms with Gasteiger partial charge >= 0.3 is 5.97 Å². The molecule has 1 unspecified atom stereocenters. The normalized spacial score (nSPS) is 18.5. The van der Waals surface area contributed by atoms with Crippen molar-refractivity contribution >= 4 is 23.4 Å². The minimum Gasteiger partial charge on any atom is -0.507 e. The fourth-order valence-electron chi connectivity index (χ4n) is 3.29. The van der Waals surface area contributed by atoms with Crippen LogP contribution in [0, 0.1) is 5.82 Å². The van der Waals surface area contributed by atoms with Crippen LogP contribution in [0.25, 0.3) is 5.76 Å². The molecule has 0 radical (unpaired) electrons. The number of carbonyl (C=O) groups excluding carboxylic acids is 2. The second-order valence-electron chi connectivity index (χ2n) is 6.41. The number of amides is 1. The Balaban J connectivity index is 2.10. The molecule has 1 aliphatic heterocycles. The van der Waals surface area contributed by atoms with Gasteiger partial charge in [0.05, 0.1) is 11.6 Å². The van der Waals surface area contributed by atoms with Gasteiger partial charge < -0.3 is 15.1 Å². The van der Waals surface area contributed by atoms with Gasteiger partial charge in [0.25, 0.3) is 11.7 Å². The lowest BCUT2D eigenvalue weighted by atomic mass is 9.95. The molecule has 1 fully saturated rings. The topological polar surface area (TPSA) is 94.9 Å². The molecule has 1 saturated heterocycles. The average molecular weight is 383 g/mol. The van der Waals surface area contributed by atoms with E-state index in [2.05, 4.69) is 0 Å². The highest BCUT2D eigenvalue weighted by Crippen LogP contribution is 2.39. The van der Waals surface area contributed by atoms with E-state index in [9.17, 15) is 23.9 Å². The monoisotopic (exact) mass is 383 g/mol. The summed E-state index contributed by atoms with van der Waals surface area (Å²) in [5.41, 5.74) is 0.538. The van der Waals surface area contributed by atoms with Gasteiger partial charge in [0, 0.05) is 18.5 Å². The predicted octanol–water partition coefficient (Wildman–Crippen LogP) is 3.11. The zero-order valence-electron chi connectivity index (χ0n) is 14.8. The summed E-state index contributed by atoms with van der Waals surface area (Å²) in [5, 5.41) is 19.6. The van der Waals surface area contributed by atoms with Crippen LogP contribution in [0.15, 0.2) is 60.2 Å². The van der Waals surface area contributed by atoms with Crippen molar-refractivity contribution in [2.75, 3.05) is 6.54 Å². The summed E-state index contributed by atoms with van der Waals surface area (Å²) in [7, 11) is 0. The van der Waals surface area contributed by atoms with Gasteiger partial charge in [-0.3, -0.25) is 14.4 Å². The first-order valence-corrected chi connectivity index (χ1v) is 8.71. The smallest absolute Gasteiger partial charge is 0.303 e. The number of hydrogen-bond acceptors (Lipinski definition) is 4. The molecule has 7 heteroatoms. The number of likely N-dealkylation sites (tertiary alicyclic amines) is 1. The third-order valence-electron chi connectivity index (χ3n) is 4.54. The molecule has 6 nitrogen and oxygen atoms in total. The Kier molecular flexibility index (Phi) is 5.54. The number of aliphatic hydroxyl groups excluding tert-OH is 1. The van der Waals surface area contributed by atoms with Crippen LogP contribution in [0.5, 0.6) is 0 Å². The number of aliphatic carboxylic acids is 1. The first kappa shape index (κ1) is 19.3. The van der Waals surface area contributed by atoms with Crippen LogP contribution in [0.2, 0.25) is 0 Å². The van der Waals surface area contributed by atoms with Crippen molar-refractivity contribution in [2.24, 2.45) is 0 Å². The molecule has 2 aromatic carbocycles. The third kappa shape index (κ3) is 3.78. The highest BCUT2D eigenvalue weighted by atomic mass is 19.1. The van der Waals surface area contributed by atoms with E-state index < -0.39 is 29.5 Å². The molecule has 0 saturated carbocycles. The van der Waals surface area contributed by atoms with Gasteiger partial charge in [-0.25, -0.2) is 4.39 Å². The van der Waals surface area contributed by atoms with E-state index in [1.165, 1.54) is 23.1 Å². The van der Waals surface area contributed by atoms with Crippen molar-refractivity contribution in [3.05, 3.63) is 77.1 Å². The molecule has 2 N–H and O–H groups in total. The number of carbonyl (C=O) groups is 3. The van der Waals surface area contributed by atoms with Crippen LogP contribution in [-0.4, -0.2) is 39.3 Å². The van der Waals surface area contributed by atoms with Gasteiger partial charge in [0.1, 0.15) is 11.6 Å². The molecule has 0 bridgehead atoms. The molecule has 2 aromatic rings. The lowest BCUT2D eigenvalue weighted by molar-refractivity contribution is -0.140. The molecule has 1 amide bonds. The molecular weight excluding hydrogens is 365 g/mol. The van der Waals surface area contributed by atoms with Crippen LogP contribution in [0.3, 0.4) is 0 Å². The number of nitrogens with zero attached hydrogens (tertiary/aromatic N) is 1. The van der Waals surface area contributed by atoms with Crippen molar-refractivity contribution in [2.45, 2.75) is 18.9 Å². The number of ketones is 1. The van der Waals surface area contributed by atoms with Crippen molar-refractivity contribution in [3.8, 4) is 0 Å². The number of rotatable bonds is 6. The second kappa shape index (κ2) is 8.04. The van der Waals surface area contributed by atoms with E-state index in [4.69, 9.17) is 5.11 Å². The Morgan fingerprint density at radius 1 is 1.04 bits per heavy atom. The molecule has 1 heterocycles. The van der Waals surface area contributed by atoms with Gasteiger partial charge in [-0.1, -0.05) is 42.5 Å². The second-order valence-corrected chi connectivity index (χ2v) is 6.41. The minimum atomic E-state index is -1.02. The lowest BCUT2D eigenvalue weighted by Gasteiger charge is -2.25. The average Bonchev–Trinajstić information content (AvgIpc) is 2.93. The Bertz CT molecular complexity index is 954. The maximum atomic E-state index is 13.8. The molecule has 28 heavy (non-hydrogen) atoms. The van der Waals surface area contributed by atoms with Crippen LogP contribution in [-0.2, 0) is 14.4 Å². The summed E-state index contributed by atoms with van der Waals surface area (Å²) in [4.78, 5) is 37.3. The summed E-state index contributed by atoms with van der Waals surface area (Å²) in [6.45, 7) is -0.0103. The zero-order chi connectivity index (χ0) is 20.3. The Labute approximate surface area is 160 Å². The maximum absolute atomic E-state index is 13.8. The third-order valence-corrected chi connectivity index (χ3v) is 4.54. The first-order chi connectivity index (χ1) is 13.4. The number of carboxylic acids is 1. The van der Waals surface area contributed by atoms with Crippen molar-refractivity contribution in [1.29, 1.82) is 0 Å². The Morgan fingerprint density at radius 2 is 1.75 bits per heavy atom. The van der Waals surface area contributed by atoms with E-state index in [1.807, 2.05) is 0 Å². The number of Topliss-reactive ketones (excluding diaryl/α,β-unsaturated/α-hetero) is 1. The molecule has 0 spiro atoms. The van der Waals surface area contributed by atoms with Crippen molar-refractivity contribution < 1.29 is 29.0 Å². The molecule has 1 aliphatic rings. The van der Waals surface area contributed by atoms with Gasteiger partial charge in [0.15, 0.2) is 0 Å². The number of halogens is 1. The predicted molar refractivity (Wildman–Crippen MR) is 98.7 cm³/mol. The Morgan fingerprint density at radius 3 is 2.39 bits per heavy atom. The maximum Gasteiger partial charge on any atom is 0.303 e. The van der Waals surface area contributed by atoms with Crippen LogP contribution >= 0.6 is 0 Å². The van der Waals surface area contributed by atoms with E-state index in [0.29, 0.717) is 11.1 Å². The van der Waals surface area contributed by atoms with Crippen LogP contribution in [0.4, 0.5) is 4.39 Å². The summed E-state index contributed by atoms with van der Waals surface area (Å²) < 4.78 is 13.8. The highest BCUT2D eigenvalue weighted by Gasteiger charge is 2.45. The Hall–Kier alpha value is -3.48. The molecule has 0 aliphatic carbocycles. The lowest BCUT2D eigenvalue weighted by Crippen LogP contribution is -2.31. The largest absolute Gasteiger partial charge is 0.507 e. The van der Waals surface area contributed by atoms with E-state index in [0.717, 1.165) is 0 Å². The number of benzene rings is 2. The van der Waals surface area contributed by atoms with Crippen LogP contribution in [0.1, 0.15) is 30.0 Å². The fraction of sp³-hybridized carbons (Fsp3) is 0.190.